The van der Waals surface area contributed by atoms with E-state index in [4.69, 9.17) is 0 Å². The molecule has 6 nitrogen and oxygen atoms in total. The first-order valence-electron chi connectivity index (χ1n) is 3.90. The molecule has 7 heteroatoms. The van der Waals surface area contributed by atoms with E-state index in [1.807, 2.05) is 0 Å². The summed E-state index contributed by atoms with van der Waals surface area (Å²) in [5.74, 6) is -0.746. The zero-order valence-electron chi connectivity index (χ0n) is 7.50. The van der Waals surface area contributed by atoms with Crippen molar-refractivity contribution < 1.29 is 26.3 Å². The van der Waals surface area contributed by atoms with Crippen LogP contribution >= 0.6 is 0 Å². The number of rotatable bonds is 3. The van der Waals surface area contributed by atoms with Gasteiger partial charge in [-0.1, -0.05) is 12.2 Å². The van der Waals surface area contributed by atoms with Gasteiger partial charge in [-0.2, -0.15) is 8.42 Å². The van der Waals surface area contributed by atoms with E-state index in [0.717, 1.165) is 0 Å². The summed E-state index contributed by atoms with van der Waals surface area (Å²) in [6, 6.07) is 0. The van der Waals surface area contributed by atoms with Gasteiger partial charge in [0.2, 0.25) is 6.10 Å². The van der Waals surface area contributed by atoms with Crippen LogP contribution in [0.15, 0.2) is 12.2 Å². The lowest BCUT2D eigenvalue weighted by Gasteiger charge is -2.04. The Hall–Kier alpha value is -0.920. The second kappa shape index (κ2) is 4.54. The minimum atomic E-state index is -3.99. The van der Waals surface area contributed by atoms with Crippen LogP contribution in [0.2, 0.25) is 0 Å². The maximum atomic E-state index is 11.1. The van der Waals surface area contributed by atoms with E-state index in [0.29, 0.717) is 0 Å². The molecule has 1 heterocycles. The van der Waals surface area contributed by atoms with E-state index in [-0.39, 0.29) is 13.2 Å². The molecule has 0 bridgehead atoms. The van der Waals surface area contributed by atoms with Gasteiger partial charge in [0, 0.05) is 0 Å². The summed E-state index contributed by atoms with van der Waals surface area (Å²) in [7, 11) is -3.99. The zero-order chi connectivity index (χ0) is 10.6. The van der Waals surface area contributed by atoms with Gasteiger partial charge in [-0.05, 0) is 6.92 Å². The predicted molar refractivity (Wildman–Crippen MR) is 45.5 cm³/mol. The van der Waals surface area contributed by atoms with Crippen molar-refractivity contribution in [1.82, 2.24) is 0 Å². The van der Waals surface area contributed by atoms with Crippen molar-refractivity contribution in [1.29, 1.82) is 0 Å². The summed E-state index contributed by atoms with van der Waals surface area (Å²) in [6.45, 7) is 1.54. The molecule has 1 saturated heterocycles. The van der Waals surface area contributed by atoms with E-state index in [1.54, 1.807) is 19.1 Å². The average molecular weight is 222 g/mol. The molecule has 0 N–H and O–H groups in total. The smallest absolute Gasteiger partial charge is 0.400 e. The number of carbonyl (C=O) groups excluding carboxylic acids is 1. The summed E-state index contributed by atoms with van der Waals surface area (Å²) < 4.78 is 34.4. The molecule has 1 rings (SSSR count). The zero-order valence-corrected chi connectivity index (χ0v) is 8.32. The summed E-state index contributed by atoms with van der Waals surface area (Å²) in [6.07, 6.45) is 2.14. The highest BCUT2D eigenvalue weighted by atomic mass is 32.3. The predicted octanol–water partition coefficient (Wildman–Crippen LogP) is -0.234. The van der Waals surface area contributed by atoms with Gasteiger partial charge in [-0.3, -0.25) is 0 Å². The molecule has 0 radical (unpaired) electrons. The Morgan fingerprint density at radius 1 is 1.64 bits per heavy atom. The Kier molecular flexibility index (Phi) is 3.62. The molecule has 0 spiro atoms. The van der Waals surface area contributed by atoms with Crippen molar-refractivity contribution in [2.45, 2.75) is 13.0 Å². The average Bonchev–Trinajstić information content (AvgIpc) is 2.46. The van der Waals surface area contributed by atoms with Gasteiger partial charge < -0.3 is 4.74 Å². The summed E-state index contributed by atoms with van der Waals surface area (Å²) in [5.41, 5.74) is 0. The molecule has 0 aromatic heterocycles. The summed E-state index contributed by atoms with van der Waals surface area (Å²) in [4.78, 5) is 11.1. The van der Waals surface area contributed by atoms with Crippen molar-refractivity contribution in [3.8, 4) is 0 Å². The molecule has 1 aliphatic rings. The molecule has 1 atom stereocenters. The fraction of sp³-hybridized carbons (Fsp3) is 0.571. The standard InChI is InChI=1S/C7H10O6S/c1-2-3-4-11-7(8)6-5-12-14(9,10)13-6/h2-3,6H,4-5H2,1H3/b3-2+. The lowest BCUT2D eigenvalue weighted by Crippen LogP contribution is -2.25. The first kappa shape index (κ1) is 11.2. The number of hydrogen-bond acceptors (Lipinski definition) is 6. The third-order valence-corrected chi connectivity index (χ3v) is 2.31. The second-order valence-electron chi connectivity index (χ2n) is 2.48. The Balaban J connectivity index is 2.40. The second-order valence-corrected chi connectivity index (χ2v) is 3.72. The molecule has 0 aromatic rings. The molecule has 80 valence electrons. The topological polar surface area (TPSA) is 78.9 Å². The SMILES string of the molecule is C/C=C/COC(=O)C1COS(=O)(=O)O1. The van der Waals surface area contributed by atoms with Crippen LogP contribution in [0.25, 0.3) is 0 Å². The van der Waals surface area contributed by atoms with E-state index >= 15 is 0 Å². The van der Waals surface area contributed by atoms with E-state index in [2.05, 4.69) is 13.1 Å². The van der Waals surface area contributed by atoms with Gasteiger partial charge in [-0.25, -0.2) is 13.2 Å². The number of hydrogen-bond donors (Lipinski definition) is 0. The number of allylic oxidation sites excluding steroid dienone is 1. The van der Waals surface area contributed by atoms with Crippen LogP contribution in [0.1, 0.15) is 6.92 Å². The Morgan fingerprint density at radius 3 is 2.86 bits per heavy atom. The largest absolute Gasteiger partial charge is 0.459 e. The van der Waals surface area contributed by atoms with Crippen LogP contribution in [-0.2, 0) is 28.3 Å². The van der Waals surface area contributed by atoms with Crippen LogP contribution in [-0.4, -0.2) is 33.7 Å². The maximum Gasteiger partial charge on any atom is 0.400 e. The normalized spacial score (nSPS) is 25.4. The number of ether oxygens (including phenoxy) is 1. The lowest BCUT2D eigenvalue weighted by molar-refractivity contribution is -0.149. The highest BCUT2D eigenvalue weighted by Gasteiger charge is 2.36. The van der Waals surface area contributed by atoms with Gasteiger partial charge in [0.25, 0.3) is 0 Å². The van der Waals surface area contributed by atoms with Crippen molar-refractivity contribution in [2.24, 2.45) is 0 Å². The van der Waals surface area contributed by atoms with Crippen molar-refractivity contribution >= 4 is 16.4 Å². The van der Waals surface area contributed by atoms with E-state index in [9.17, 15) is 13.2 Å². The Labute approximate surface area is 81.8 Å². The van der Waals surface area contributed by atoms with Gasteiger partial charge in [0.1, 0.15) is 13.2 Å². The molecule has 0 aliphatic carbocycles. The highest BCUT2D eigenvalue weighted by molar-refractivity contribution is 7.82. The first-order chi connectivity index (χ1) is 6.55. The van der Waals surface area contributed by atoms with Crippen LogP contribution in [0, 0.1) is 0 Å². The fourth-order valence-corrected chi connectivity index (χ4v) is 1.53. The molecular weight excluding hydrogens is 212 g/mol. The van der Waals surface area contributed by atoms with Crippen molar-refractivity contribution in [3.63, 3.8) is 0 Å². The lowest BCUT2D eigenvalue weighted by atomic mass is 10.4. The summed E-state index contributed by atoms with van der Waals surface area (Å²) >= 11 is 0. The number of carbonyl (C=O) groups is 1. The molecule has 0 aromatic carbocycles. The van der Waals surface area contributed by atoms with E-state index in [1.165, 1.54) is 0 Å². The maximum absolute atomic E-state index is 11.1. The molecule has 1 aliphatic heterocycles. The quantitative estimate of drug-likeness (QED) is 0.484. The monoisotopic (exact) mass is 222 g/mol. The third kappa shape index (κ3) is 3.09. The summed E-state index contributed by atoms with van der Waals surface area (Å²) in [5, 5.41) is 0. The molecule has 14 heavy (non-hydrogen) atoms. The van der Waals surface area contributed by atoms with Crippen LogP contribution in [0.4, 0.5) is 0 Å². The minimum Gasteiger partial charge on any atom is -0.459 e. The van der Waals surface area contributed by atoms with Gasteiger partial charge in [0.05, 0.1) is 0 Å². The van der Waals surface area contributed by atoms with Gasteiger partial charge >= 0.3 is 16.4 Å². The van der Waals surface area contributed by atoms with Crippen LogP contribution < -0.4 is 0 Å². The fourth-order valence-electron chi connectivity index (χ4n) is 0.770. The van der Waals surface area contributed by atoms with Crippen LogP contribution in [0.5, 0.6) is 0 Å². The molecule has 0 saturated carbocycles. The molecular formula is C7H10O6S. The Bertz CT molecular complexity index is 330. The molecule has 1 unspecified atom stereocenters. The molecule has 0 amide bonds. The van der Waals surface area contributed by atoms with Gasteiger partial charge in [0.15, 0.2) is 0 Å². The van der Waals surface area contributed by atoms with Crippen LogP contribution in [0.3, 0.4) is 0 Å². The minimum absolute atomic E-state index is 0.0925. The van der Waals surface area contributed by atoms with E-state index < -0.39 is 22.5 Å². The van der Waals surface area contributed by atoms with Gasteiger partial charge in [-0.15, -0.1) is 0 Å². The van der Waals surface area contributed by atoms with Crippen molar-refractivity contribution in [2.75, 3.05) is 13.2 Å². The van der Waals surface area contributed by atoms with Crippen molar-refractivity contribution in [3.05, 3.63) is 12.2 Å². The Morgan fingerprint density at radius 2 is 2.36 bits per heavy atom. The highest BCUT2D eigenvalue weighted by Crippen LogP contribution is 2.13. The third-order valence-electron chi connectivity index (χ3n) is 1.42. The first-order valence-corrected chi connectivity index (χ1v) is 5.24. The molecule has 1 fully saturated rings. The number of esters is 1.